The number of hydrogen-bond acceptors (Lipinski definition) is 9. The third-order valence-corrected chi connectivity index (χ3v) is 3.71. The third kappa shape index (κ3) is 5.25. The molecular weight excluding hydrogens is 375 g/mol. The van der Waals surface area contributed by atoms with Crippen molar-refractivity contribution in [3.8, 4) is 0 Å². The molecule has 0 saturated carbocycles. The number of ether oxygens (including phenoxy) is 3. The molecule has 0 spiro atoms. The number of anilines is 1. The smallest absolute Gasteiger partial charge is 0.303 e. The predicted molar refractivity (Wildman–Crippen MR) is 89.0 cm³/mol. The molecule has 1 aromatic rings. The van der Waals surface area contributed by atoms with Crippen LogP contribution >= 0.6 is 23.2 Å². The molecule has 136 valence electrons. The van der Waals surface area contributed by atoms with Gasteiger partial charge in [0, 0.05) is 26.5 Å². The SMILES string of the molecule is CC(=O)OC[C@@H]1C[C@@H](OC(C)=O)[C@H](Nc2nc(Cl)nc(Cl)c2C=N)O1. The van der Waals surface area contributed by atoms with E-state index in [1.165, 1.54) is 13.8 Å². The van der Waals surface area contributed by atoms with Crippen LogP contribution in [0.5, 0.6) is 0 Å². The lowest BCUT2D eigenvalue weighted by molar-refractivity contribution is -0.148. The van der Waals surface area contributed by atoms with E-state index in [0.29, 0.717) is 6.42 Å². The molecule has 3 atom stereocenters. The van der Waals surface area contributed by atoms with Crippen molar-refractivity contribution >= 4 is 47.2 Å². The van der Waals surface area contributed by atoms with Gasteiger partial charge in [-0.2, -0.15) is 4.98 Å². The molecule has 9 nitrogen and oxygen atoms in total. The highest BCUT2D eigenvalue weighted by Gasteiger charge is 2.38. The molecule has 1 aliphatic rings. The Hall–Kier alpha value is -1.97. The zero-order valence-electron chi connectivity index (χ0n) is 13.4. The van der Waals surface area contributed by atoms with Crippen LogP contribution < -0.4 is 5.32 Å². The second-order valence-electron chi connectivity index (χ2n) is 5.20. The number of carbonyl (C=O) groups excluding carboxylic acids is 2. The fraction of sp³-hybridized carbons (Fsp3) is 0.500. The first kappa shape index (κ1) is 19.4. The molecule has 0 radical (unpaired) electrons. The van der Waals surface area contributed by atoms with Gasteiger partial charge in [0.15, 0.2) is 6.23 Å². The number of nitrogens with zero attached hydrogens (tertiary/aromatic N) is 2. The highest BCUT2D eigenvalue weighted by molar-refractivity contribution is 6.34. The lowest BCUT2D eigenvalue weighted by Gasteiger charge is -2.21. The Labute approximate surface area is 153 Å². The first-order valence-electron chi connectivity index (χ1n) is 7.26. The van der Waals surface area contributed by atoms with Crippen molar-refractivity contribution in [3.63, 3.8) is 0 Å². The largest absolute Gasteiger partial charge is 0.463 e. The molecule has 1 aromatic heterocycles. The first-order valence-corrected chi connectivity index (χ1v) is 8.01. The molecule has 0 amide bonds. The molecule has 11 heteroatoms. The lowest BCUT2D eigenvalue weighted by Crippen LogP contribution is -2.34. The van der Waals surface area contributed by atoms with Crippen LogP contribution in [0.25, 0.3) is 0 Å². The summed E-state index contributed by atoms with van der Waals surface area (Å²) in [5.74, 6) is -0.764. The third-order valence-electron chi connectivity index (χ3n) is 3.26. The molecular formula is C14H16Cl2N4O5. The van der Waals surface area contributed by atoms with Crippen LogP contribution in [0.3, 0.4) is 0 Å². The number of carbonyl (C=O) groups is 2. The van der Waals surface area contributed by atoms with E-state index in [-0.39, 0.29) is 28.4 Å². The molecule has 0 aliphatic carbocycles. The summed E-state index contributed by atoms with van der Waals surface area (Å²) in [5, 5.41) is 10.2. The number of hydrogen-bond donors (Lipinski definition) is 2. The summed E-state index contributed by atoms with van der Waals surface area (Å²) in [6.07, 6.45) is -0.624. The topological polar surface area (TPSA) is 123 Å². The van der Waals surface area contributed by atoms with Gasteiger partial charge in [0.05, 0.1) is 11.7 Å². The first-order chi connectivity index (χ1) is 11.8. The van der Waals surface area contributed by atoms with Crippen LogP contribution in [0.4, 0.5) is 5.82 Å². The van der Waals surface area contributed by atoms with Gasteiger partial charge in [-0.1, -0.05) is 11.6 Å². The van der Waals surface area contributed by atoms with Crippen LogP contribution in [0.2, 0.25) is 10.4 Å². The predicted octanol–water partition coefficient (Wildman–Crippen LogP) is 1.80. The van der Waals surface area contributed by atoms with Gasteiger partial charge in [-0.15, -0.1) is 0 Å². The van der Waals surface area contributed by atoms with E-state index in [9.17, 15) is 9.59 Å². The van der Waals surface area contributed by atoms with Crippen molar-refractivity contribution in [2.75, 3.05) is 11.9 Å². The normalized spacial score (nSPS) is 22.3. The Morgan fingerprint density at radius 3 is 2.68 bits per heavy atom. The Kier molecular flexibility index (Phi) is 6.51. The lowest BCUT2D eigenvalue weighted by atomic mass is 10.2. The van der Waals surface area contributed by atoms with Gasteiger partial charge in [-0.3, -0.25) is 9.59 Å². The Balaban J connectivity index is 2.18. The highest BCUT2D eigenvalue weighted by Crippen LogP contribution is 2.28. The summed E-state index contributed by atoms with van der Waals surface area (Å²) >= 11 is 11.7. The molecule has 1 aliphatic heterocycles. The monoisotopic (exact) mass is 390 g/mol. The number of nitrogens with one attached hydrogen (secondary N) is 2. The van der Waals surface area contributed by atoms with E-state index >= 15 is 0 Å². The van der Waals surface area contributed by atoms with Gasteiger partial charge >= 0.3 is 11.9 Å². The Bertz CT molecular complexity index is 687. The Morgan fingerprint density at radius 2 is 2.08 bits per heavy atom. The fourth-order valence-electron chi connectivity index (χ4n) is 2.29. The number of halogens is 2. The standard InChI is InChI=1S/C14H16Cl2N4O5/c1-6(21)23-5-8-3-10(24-7(2)22)13(25-8)19-12-9(4-17)11(15)18-14(16)20-12/h4,8,10,13,17H,3,5H2,1-2H3,(H,18,19,20)/t8-,10+,13+/m0/s1. The van der Waals surface area contributed by atoms with Crippen LogP contribution in [0.1, 0.15) is 25.8 Å². The van der Waals surface area contributed by atoms with Crippen LogP contribution in [-0.2, 0) is 23.8 Å². The maximum atomic E-state index is 11.3. The van der Waals surface area contributed by atoms with Crippen molar-refractivity contribution < 1.29 is 23.8 Å². The molecule has 2 N–H and O–H groups in total. The summed E-state index contributed by atoms with van der Waals surface area (Å²) in [6, 6.07) is 0. The van der Waals surface area contributed by atoms with Crippen molar-refractivity contribution in [1.29, 1.82) is 5.41 Å². The quantitative estimate of drug-likeness (QED) is 0.326. The molecule has 25 heavy (non-hydrogen) atoms. The van der Waals surface area contributed by atoms with Gasteiger partial charge in [-0.05, 0) is 11.6 Å². The van der Waals surface area contributed by atoms with Crippen molar-refractivity contribution in [1.82, 2.24) is 9.97 Å². The molecule has 0 bridgehead atoms. The van der Waals surface area contributed by atoms with E-state index in [1.54, 1.807) is 0 Å². The summed E-state index contributed by atoms with van der Waals surface area (Å²) in [6.45, 7) is 2.58. The van der Waals surface area contributed by atoms with Gasteiger partial charge in [0.1, 0.15) is 23.7 Å². The summed E-state index contributed by atoms with van der Waals surface area (Å²) in [4.78, 5) is 30.0. The van der Waals surface area contributed by atoms with Gasteiger partial charge in [0.25, 0.3) is 0 Å². The van der Waals surface area contributed by atoms with Crippen molar-refractivity contribution in [3.05, 3.63) is 16.0 Å². The molecule has 0 aromatic carbocycles. The minimum atomic E-state index is -0.787. The van der Waals surface area contributed by atoms with E-state index in [4.69, 9.17) is 42.8 Å². The molecule has 0 unspecified atom stereocenters. The van der Waals surface area contributed by atoms with E-state index in [0.717, 1.165) is 6.21 Å². The summed E-state index contributed by atoms with van der Waals surface area (Å²) in [7, 11) is 0. The number of rotatable bonds is 6. The van der Waals surface area contributed by atoms with Crippen LogP contribution in [0.15, 0.2) is 0 Å². The van der Waals surface area contributed by atoms with Crippen LogP contribution in [0, 0.1) is 5.41 Å². The molecule has 2 rings (SSSR count). The fourth-order valence-corrected chi connectivity index (χ4v) is 2.73. The van der Waals surface area contributed by atoms with Crippen molar-refractivity contribution in [2.45, 2.75) is 38.7 Å². The van der Waals surface area contributed by atoms with Gasteiger partial charge in [0.2, 0.25) is 5.28 Å². The second kappa shape index (κ2) is 8.41. The average molecular weight is 391 g/mol. The molecule has 2 heterocycles. The molecule has 1 saturated heterocycles. The van der Waals surface area contributed by atoms with E-state index in [1.807, 2.05) is 0 Å². The number of esters is 2. The molecule has 1 fully saturated rings. The maximum Gasteiger partial charge on any atom is 0.303 e. The van der Waals surface area contributed by atoms with Crippen molar-refractivity contribution in [2.24, 2.45) is 0 Å². The second-order valence-corrected chi connectivity index (χ2v) is 5.90. The zero-order chi connectivity index (χ0) is 18.6. The van der Waals surface area contributed by atoms with Crippen LogP contribution in [-0.4, -0.2) is 53.2 Å². The van der Waals surface area contributed by atoms with Gasteiger partial charge < -0.3 is 24.9 Å². The average Bonchev–Trinajstić information content (AvgIpc) is 2.86. The van der Waals surface area contributed by atoms with E-state index < -0.39 is 30.4 Å². The minimum absolute atomic E-state index is 0.00371. The number of aromatic nitrogens is 2. The van der Waals surface area contributed by atoms with E-state index in [2.05, 4.69) is 15.3 Å². The zero-order valence-corrected chi connectivity index (χ0v) is 14.9. The highest BCUT2D eigenvalue weighted by atomic mass is 35.5. The summed E-state index contributed by atoms with van der Waals surface area (Å²) < 4.78 is 15.9. The van der Waals surface area contributed by atoms with Gasteiger partial charge in [-0.25, -0.2) is 4.98 Å². The Morgan fingerprint density at radius 1 is 1.36 bits per heavy atom. The maximum absolute atomic E-state index is 11.3. The minimum Gasteiger partial charge on any atom is -0.463 e. The summed E-state index contributed by atoms with van der Waals surface area (Å²) in [5.41, 5.74) is 0.208.